The summed E-state index contributed by atoms with van der Waals surface area (Å²) in [5, 5.41) is 0. The van der Waals surface area contributed by atoms with Crippen molar-refractivity contribution in [3.8, 4) is 0 Å². The summed E-state index contributed by atoms with van der Waals surface area (Å²) in [7, 11) is 0. The summed E-state index contributed by atoms with van der Waals surface area (Å²) in [4.78, 5) is 0. The van der Waals surface area contributed by atoms with Gasteiger partial charge in [0.15, 0.2) is 14.3 Å². The van der Waals surface area contributed by atoms with Crippen molar-refractivity contribution in [3.63, 3.8) is 0 Å². The van der Waals surface area contributed by atoms with Gasteiger partial charge < -0.3 is 24.8 Å². The first-order valence-electron chi connectivity index (χ1n) is 8.40. The van der Waals surface area contributed by atoms with Gasteiger partial charge in [-0.15, -0.1) is 0 Å². The maximum atomic E-state index is 2.21. The Morgan fingerprint density at radius 3 is 0.643 bits per heavy atom. The highest BCUT2D eigenvalue weighted by Gasteiger charge is 2.13. The van der Waals surface area contributed by atoms with Crippen molar-refractivity contribution in [1.29, 1.82) is 0 Å². The first-order chi connectivity index (χ1) is 12.9. The van der Waals surface area contributed by atoms with Crippen LogP contribution in [0.1, 0.15) is 0 Å². The monoisotopic (exact) mass is 632 g/mol. The maximum absolute atomic E-state index is 2.21. The predicted molar refractivity (Wildman–Crippen MR) is 101 cm³/mol. The molecular weight excluding hydrogens is 613 g/mol. The lowest BCUT2D eigenvalue weighted by Gasteiger charge is -1.84. The summed E-state index contributed by atoms with van der Waals surface area (Å²) < 4.78 is 5.92. The van der Waals surface area contributed by atoms with Crippen molar-refractivity contribution in [1.82, 2.24) is 0 Å². The Bertz CT molecular complexity index is 719. The summed E-state index contributed by atoms with van der Waals surface area (Å²) in [6.07, 6.45) is 0. The van der Waals surface area contributed by atoms with Crippen molar-refractivity contribution < 1.29 is 67.2 Å². The van der Waals surface area contributed by atoms with E-state index >= 15 is 0 Å². The molecule has 4 aromatic rings. The lowest BCUT2D eigenvalue weighted by atomic mass is 10.4. The van der Waals surface area contributed by atoms with Crippen LogP contribution in [0, 0.1) is 14.3 Å². The molecule has 4 heteroatoms. The topological polar surface area (TPSA) is 0 Å². The molecule has 0 unspecified atom stereocenters. The van der Waals surface area contributed by atoms with Gasteiger partial charge in [-0.3, -0.25) is 0 Å². The molecule has 144 valence electrons. The van der Waals surface area contributed by atoms with Gasteiger partial charge in [0.25, 0.3) is 0 Å². The number of hydrogen-bond acceptors (Lipinski definition) is 0. The smallest absolute Gasteiger partial charge is 0.357 e. The Labute approximate surface area is 201 Å². The minimum absolute atomic E-state index is 0. The van der Waals surface area contributed by atoms with E-state index in [1.54, 1.807) is 0 Å². The van der Waals surface area contributed by atoms with E-state index in [1.807, 2.05) is 0 Å². The van der Waals surface area contributed by atoms with E-state index < -0.39 is 0 Å². The van der Waals surface area contributed by atoms with Gasteiger partial charge in [0.05, 0.1) is 0 Å². The second-order valence-corrected chi connectivity index (χ2v) is 11.4. The lowest BCUT2D eigenvalue weighted by Crippen LogP contribution is -3.61. The fourth-order valence-corrected chi connectivity index (χ4v) is 6.70. The summed E-state index contributed by atoms with van der Waals surface area (Å²) in [6.45, 7) is 0. The van der Waals surface area contributed by atoms with Crippen LogP contribution in [0.4, 0.5) is 0 Å². The average molecular weight is 633 g/mol. The van der Waals surface area contributed by atoms with Crippen LogP contribution in [0.15, 0.2) is 121 Å². The van der Waals surface area contributed by atoms with Crippen LogP contribution in [0.25, 0.3) is 0 Å². The van der Waals surface area contributed by atoms with Gasteiger partial charge in [-0.05, 0) is 48.5 Å². The number of hydrogen-bond donors (Lipinski definition) is 0. The molecule has 0 spiro atoms. The molecule has 0 saturated carbocycles. The second kappa shape index (κ2) is 14.9. The third kappa shape index (κ3) is 9.41. The average Bonchev–Trinajstić information content (AvgIpc) is 2.72. The third-order valence-corrected chi connectivity index (χ3v) is 8.74. The Hall–Kier alpha value is -1.08. The van der Waals surface area contributed by atoms with Gasteiger partial charge in [-0.25, -0.2) is 0 Å². The Balaban J connectivity index is 0.000000261. The van der Waals surface area contributed by atoms with E-state index in [-0.39, 0.29) is 67.2 Å². The molecule has 0 nitrogen and oxygen atoms in total. The van der Waals surface area contributed by atoms with Crippen LogP contribution in [-0.4, -0.2) is 0 Å². The van der Waals surface area contributed by atoms with Crippen molar-refractivity contribution in [2.24, 2.45) is 0 Å². The molecule has 0 saturated heterocycles. The molecule has 0 aliphatic carbocycles. The molecule has 4 rings (SSSR count). The summed E-state index contributed by atoms with van der Waals surface area (Å²) >= 11 is 0.0574. The number of halogens is 4. The zero-order chi connectivity index (χ0) is 17.9. The molecule has 0 bridgehead atoms. The van der Waals surface area contributed by atoms with Crippen LogP contribution in [0.2, 0.25) is 0 Å². The Morgan fingerprint density at radius 1 is 0.286 bits per heavy atom. The Kier molecular flexibility index (Phi) is 13.2. The normalized spacial score (nSPS) is 9.14. The van der Waals surface area contributed by atoms with E-state index in [4.69, 9.17) is 0 Å². The molecule has 4 aromatic carbocycles. The zero-order valence-electron chi connectivity index (χ0n) is 15.1. The lowest BCUT2D eigenvalue weighted by molar-refractivity contribution is -0.597. The van der Waals surface area contributed by atoms with Crippen molar-refractivity contribution in [2.75, 3.05) is 0 Å². The zero-order valence-corrected chi connectivity index (χ0v) is 20.9. The van der Waals surface area contributed by atoms with E-state index in [1.165, 1.54) is 14.3 Å². The molecular formula is C24H20Cl2I2. The highest BCUT2D eigenvalue weighted by molar-refractivity contribution is 5.03. The Morgan fingerprint density at radius 2 is 0.464 bits per heavy atom. The SMILES string of the molecule is [Cl-].[Cl-].c1ccc([I+]c2ccccc2)cc1.c1ccc([I+]c2ccccc2)cc1. The van der Waals surface area contributed by atoms with Crippen LogP contribution in [0.3, 0.4) is 0 Å². The molecule has 0 radical (unpaired) electrons. The second-order valence-electron chi connectivity index (χ2n) is 5.37. The molecule has 0 heterocycles. The van der Waals surface area contributed by atoms with E-state index in [0.29, 0.717) is 0 Å². The summed E-state index contributed by atoms with van der Waals surface area (Å²) in [6, 6.07) is 42.8. The molecule has 0 N–H and O–H groups in total. The fraction of sp³-hybridized carbons (Fsp3) is 0. The number of rotatable bonds is 4. The predicted octanol–water partition coefficient (Wildman–Crippen LogP) is -6.36. The highest BCUT2D eigenvalue weighted by atomic mass is 127. The molecule has 0 aliphatic heterocycles. The van der Waals surface area contributed by atoms with E-state index in [9.17, 15) is 0 Å². The van der Waals surface area contributed by atoms with Crippen molar-refractivity contribution in [2.45, 2.75) is 0 Å². The fourth-order valence-electron chi connectivity index (χ4n) is 2.16. The van der Waals surface area contributed by atoms with Crippen LogP contribution in [0.5, 0.6) is 0 Å². The quantitative estimate of drug-likeness (QED) is 0.197. The van der Waals surface area contributed by atoms with Crippen molar-refractivity contribution >= 4 is 0 Å². The van der Waals surface area contributed by atoms with Gasteiger partial charge in [0, 0.05) is 0 Å². The van der Waals surface area contributed by atoms with Gasteiger partial charge in [0.1, 0.15) is 0 Å². The first-order valence-corrected chi connectivity index (χ1v) is 12.7. The van der Waals surface area contributed by atoms with Crippen LogP contribution >= 0.6 is 0 Å². The number of benzene rings is 4. The first kappa shape index (κ1) is 25.0. The molecule has 0 atom stereocenters. The third-order valence-electron chi connectivity index (χ3n) is 3.37. The standard InChI is InChI=1S/2C12H10I.2ClH/c2*1-3-7-11(8-4-1)13-12-9-5-2-6-10-12;;/h2*1-10H;2*1H/q2*+1;;/p-2. The van der Waals surface area contributed by atoms with Crippen LogP contribution < -0.4 is 67.2 Å². The highest BCUT2D eigenvalue weighted by Crippen LogP contribution is 1.86. The summed E-state index contributed by atoms with van der Waals surface area (Å²) in [5.74, 6) is 0. The molecule has 0 aliphatic rings. The van der Waals surface area contributed by atoms with Gasteiger partial charge in [-0.1, -0.05) is 72.8 Å². The van der Waals surface area contributed by atoms with Crippen molar-refractivity contribution in [3.05, 3.63) is 136 Å². The van der Waals surface area contributed by atoms with Gasteiger partial charge in [-0.2, -0.15) is 0 Å². The summed E-state index contributed by atoms with van der Waals surface area (Å²) in [5.41, 5.74) is 0. The van der Waals surface area contributed by atoms with Gasteiger partial charge in [0.2, 0.25) is 0 Å². The minimum Gasteiger partial charge on any atom is -1.00 e. The van der Waals surface area contributed by atoms with Crippen LogP contribution in [-0.2, 0) is 0 Å². The maximum Gasteiger partial charge on any atom is 0.357 e. The molecule has 0 aromatic heterocycles. The largest absolute Gasteiger partial charge is 1.00 e. The van der Waals surface area contributed by atoms with E-state index in [2.05, 4.69) is 121 Å². The molecule has 28 heavy (non-hydrogen) atoms. The van der Waals surface area contributed by atoms with E-state index in [0.717, 1.165) is 0 Å². The van der Waals surface area contributed by atoms with Gasteiger partial charge >= 0.3 is 42.4 Å². The minimum atomic E-state index is 0. The molecule has 0 fully saturated rings. The molecule has 0 amide bonds.